The highest BCUT2D eigenvalue weighted by molar-refractivity contribution is 5.86. The Morgan fingerprint density at radius 2 is 2.04 bits per heavy atom. The summed E-state index contributed by atoms with van der Waals surface area (Å²) in [6, 6.07) is 12.5. The molecule has 7 nitrogen and oxygen atoms in total. The molecule has 142 valence electrons. The number of nitrogens with two attached hydrogens (primary N) is 1. The van der Waals surface area contributed by atoms with E-state index in [1.165, 1.54) is 0 Å². The van der Waals surface area contributed by atoms with Crippen molar-refractivity contribution in [1.82, 2.24) is 15.2 Å². The van der Waals surface area contributed by atoms with Gasteiger partial charge in [-0.25, -0.2) is 4.98 Å². The van der Waals surface area contributed by atoms with Crippen LogP contribution in [0.15, 0.2) is 48.7 Å². The van der Waals surface area contributed by atoms with E-state index in [9.17, 15) is 9.59 Å². The lowest BCUT2D eigenvalue weighted by Crippen LogP contribution is -2.56. The number of rotatable bonds is 5. The summed E-state index contributed by atoms with van der Waals surface area (Å²) in [5, 5.41) is 2.86. The lowest BCUT2D eigenvalue weighted by atomic mass is 9.95. The van der Waals surface area contributed by atoms with Crippen LogP contribution < -0.4 is 11.1 Å². The van der Waals surface area contributed by atoms with Gasteiger partial charge in [-0.3, -0.25) is 9.59 Å². The quantitative estimate of drug-likeness (QED) is 0.836. The van der Waals surface area contributed by atoms with E-state index in [1.54, 1.807) is 17.2 Å². The molecule has 0 unspecified atom stereocenters. The first-order valence-electron chi connectivity index (χ1n) is 8.94. The third-order valence-corrected chi connectivity index (χ3v) is 4.60. The van der Waals surface area contributed by atoms with E-state index in [2.05, 4.69) is 10.3 Å². The van der Waals surface area contributed by atoms with E-state index >= 15 is 0 Å². The number of amides is 2. The number of carbonyl (C=O) groups excluding carboxylic acids is 2. The average molecular weight is 368 g/mol. The second kappa shape index (κ2) is 8.18. The number of carbonyl (C=O) groups is 2. The fraction of sp³-hybridized carbons (Fsp3) is 0.350. The van der Waals surface area contributed by atoms with Crippen LogP contribution in [0.5, 0.6) is 0 Å². The third kappa shape index (κ3) is 4.09. The summed E-state index contributed by atoms with van der Waals surface area (Å²) in [6.07, 6.45) is 0.799. The van der Waals surface area contributed by atoms with Crippen molar-refractivity contribution in [3.63, 3.8) is 0 Å². The Labute approximate surface area is 158 Å². The molecule has 1 saturated heterocycles. The molecule has 0 radical (unpaired) electrons. The molecule has 1 aromatic heterocycles. The summed E-state index contributed by atoms with van der Waals surface area (Å²) in [7, 11) is 0. The van der Waals surface area contributed by atoms with E-state index in [0.717, 1.165) is 11.1 Å². The maximum Gasteiger partial charge on any atom is 0.251 e. The monoisotopic (exact) mass is 368 g/mol. The molecule has 0 spiro atoms. The molecule has 1 fully saturated rings. The topological polar surface area (TPSA) is 97.5 Å². The van der Waals surface area contributed by atoms with Crippen molar-refractivity contribution in [2.24, 2.45) is 0 Å². The first kappa shape index (κ1) is 18.8. The van der Waals surface area contributed by atoms with E-state index in [4.69, 9.17) is 10.5 Å². The molecule has 1 aliphatic rings. The molecule has 1 aliphatic heterocycles. The number of hydrogen-bond acceptors (Lipinski definition) is 5. The van der Waals surface area contributed by atoms with Gasteiger partial charge < -0.3 is 20.7 Å². The number of morpholine rings is 1. The number of hydrogen-bond donors (Lipinski definition) is 2. The van der Waals surface area contributed by atoms with Crippen molar-refractivity contribution >= 4 is 17.6 Å². The minimum Gasteiger partial charge on any atom is -0.383 e. The summed E-state index contributed by atoms with van der Waals surface area (Å²) in [6.45, 7) is 4.00. The van der Waals surface area contributed by atoms with E-state index in [-0.39, 0.29) is 31.0 Å². The van der Waals surface area contributed by atoms with Crippen LogP contribution in [0.1, 0.15) is 31.0 Å². The molecule has 2 amide bonds. The zero-order chi connectivity index (χ0) is 19.4. The van der Waals surface area contributed by atoms with Crippen LogP contribution in [0.3, 0.4) is 0 Å². The first-order valence-corrected chi connectivity index (χ1v) is 8.94. The van der Waals surface area contributed by atoms with Gasteiger partial charge in [-0.1, -0.05) is 36.4 Å². The Bertz CT molecular complexity index is 810. The standard InChI is InChI=1S/C20H24N4O3/c1-13(2)24-16(25)12-27-18(17(24)14-7-4-3-5-8-14)20(26)23-11-15-9-6-10-22-19(15)21/h3-10,13,17-18H,11-12H2,1-2H3,(H2,21,22)(H,23,26)/t17-,18+/m1/s1. The van der Waals surface area contributed by atoms with Gasteiger partial charge in [-0.15, -0.1) is 0 Å². The van der Waals surface area contributed by atoms with Gasteiger partial charge in [0.2, 0.25) is 5.91 Å². The highest BCUT2D eigenvalue weighted by Gasteiger charge is 2.42. The third-order valence-electron chi connectivity index (χ3n) is 4.60. The maximum atomic E-state index is 12.9. The van der Waals surface area contributed by atoms with Gasteiger partial charge >= 0.3 is 0 Å². The molecule has 2 atom stereocenters. The smallest absolute Gasteiger partial charge is 0.251 e. The van der Waals surface area contributed by atoms with Crippen molar-refractivity contribution in [2.45, 2.75) is 38.6 Å². The summed E-state index contributed by atoms with van der Waals surface area (Å²) < 4.78 is 5.67. The summed E-state index contributed by atoms with van der Waals surface area (Å²) in [4.78, 5) is 31.1. The lowest BCUT2D eigenvalue weighted by molar-refractivity contribution is -0.167. The number of benzene rings is 1. The molecule has 1 aromatic carbocycles. The van der Waals surface area contributed by atoms with Crippen LogP contribution in [-0.2, 0) is 20.9 Å². The Hall–Kier alpha value is -2.93. The van der Waals surface area contributed by atoms with Crippen molar-refractivity contribution < 1.29 is 14.3 Å². The summed E-state index contributed by atoms with van der Waals surface area (Å²) >= 11 is 0. The molecule has 0 aliphatic carbocycles. The number of nitrogens with zero attached hydrogens (tertiary/aromatic N) is 2. The zero-order valence-electron chi connectivity index (χ0n) is 15.5. The first-order chi connectivity index (χ1) is 13.0. The molecule has 2 heterocycles. The van der Waals surface area contributed by atoms with Crippen LogP contribution in [0, 0.1) is 0 Å². The van der Waals surface area contributed by atoms with Crippen LogP contribution in [0.25, 0.3) is 0 Å². The summed E-state index contributed by atoms with van der Waals surface area (Å²) in [5.74, 6) is -0.0365. The maximum absolute atomic E-state index is 12.9. The van der Waals surface area contributed by atoms with Gasteiger partial charge in [-0.05, 0) is 25.5 Å². The molecule has 0 saturated carbocycles. The van der Waals surface area contributed by atoms with Gasteiger partial charge in [0.15, 0.2) is 6.10 Å². The Balaban J connectivity index is 1.84. The largest absolute Gasteiger partial charge is 0.383 e. The van der Waals surface area contributed by atoms with Crippen LogP contribution in [0.2, 0.25) is 0 Å². The van der Waals surface area contributed by atoms with Crippen molar-refractivity contribution in [3.8, 4) is 0 Å². The predicted octanol–water partition coefficient (Wildman–Crippen LogP) is 1.66. The molecule has 2 aromatic rings. The Morgan fingerprint density at radius 3 is 2.70 bits per heavy atom. The molecular formula is C20H24N4O3. The highest BCUT2D eigenvalue weighted by atomic mass is 16.5. The number of nitrogen functional groups attached to an aromatic ring is 1. The number of pyridine rings is 1. The molecule has 3 N–H and O–H groups in total. The minimum atomic E-state index is -0.801. The molecule has 7 heteroatoms. The minimum absolute atomic E-state index is 0.0594. The van der Waals surface area contributed by atoms with Gasteiger partial charge in [-0.2, -0.15) is 0 Å². The summed E-state index contributed by atoms with van der Waals surface area (Å²) in [5.41, 5.74) is 7.43. The number of aromatic nitrogens is 1. The van der Waals surface area contributed by atoms with Crippen molar-refractivity contribution in [3.05, 3.63) is 59.8 Å². The van der Waals surface area contributed by atoms with E-state index in [1.807, 2.05) is 50.2 Å². The number of anilines is 1. The van der Waals surface area contributed by atoms with Gasteiger partial charge in [0.1, 0.15) is 12.4 Å². The Kier molecular flexibility index (Phi) is 5.71. The van der Waals surface area contributed by atoms with E-state index in [0.29, 0.717) is 5.82 Å². The molecule has 27 heavy (non-hydrogen) atoms. The second-order valence-electron chi connectivity index (χ2n) is 6.75. The van der Waals surface area contributed by atoms with Crippen LogP contribution in [0.4, 0.5) is 5.82 Å². The number of ether oxygens (including phenoxy) is 1. The second-order valence-corrected chi connectivity index (χ2v) is 6.75. The van der Waals surface area contributed by atoms with Crippen LogP contribution in [-0.4, -0.2) is 40.5 Å². The predicted molar refractivity (Wildman–Crippen MR) is 101 cm³/mol. The van der Waals surface area contributed by atoms with Crippen LogP contribution >= 0.6 is 0 Å². The normalized spacial score (nSPS) is 20.0. The SMILES string of the molecule is CC(C)N1C(=O)CO[C@H](C(=O)NCc2cccnc2N)[C@H]1c1ccccc1. The van der Waals surface area contributed by atoms with Crippen molar-refractivity contribution in [1.29, 1.82) is 0 Å². The zero-order valence-corrected chi connectivity index (χ0v) is 15.5. The van der Waals surface area contributed by atoms with Crippen molar-refractivity contribution in [2.75, 3.05) is 12.3 Å². The van der Waals surface area contributed by atoms with Gasteiger partial charge in [0.25, 0.3) is 5.91 Å². The Morgan fingerprint density at radius 1 is 1.30 bits per heavy atom. The highest BCUT2D eigenvalue weighted by Crippen LogP contribution is 2.32. The van der Waals surface area contributed by atoms with Gasteiger partial charge in [0, 0.05) is 24.3 Å². The molecular weight excluding hydrogens is 344 g/mol. The fourth-order valence-electron chi connectivity index (χ4n) is 3.32. The number of nitrogens with one attached hydrogen (secondary N) is 1. The van der Waals surface area contributed by atoms with Gasteiger partial charge in [0.05, 0.1) is 6.04 Å². The lowest BCUT2D eigenvalue weighted by Gasteiger charge is -2.42. The molecule has 3 rings (SSSR count). The van der Waals surface area contributed by atoms with E-state index < -0.39 is 12.1 Å². The average Bonchev–Trinajstić information content (AvgIpc) is 2.67. The molecule has 0 bridgehead atoms. The fourth-order valence-corrected chi connectivity index (χ4v) is 3.32.